The number of methoxy groups -OCH3 is 1. The van der Waals surface area contributed by atoms with Gasteiger partial charge < -0.3 is 10.1 Å². The smallest absolute Gasteiger partial charge is 0.136 e. The van der Waals surface area contributed by atoms with Gasteiger partial charge in [0, 0.05) is 6.54 Å². The third kappa shape index (κ3) is 2.41. The SMILES string of the molecule is COc1ccc(CNCC2C(C)(C)C2(C)C)cc1C#N. The van der Waals surface area contributed by atoms with E-state index in [4.69, 9.17) is 10.00 Å². The van der Waals surface area contributed by atoms with Crippen LogP contribution in [0.1, 0.15) is 38.8 Å². The van der Waals surface area contributed by atoms with Gasteiger partial charge >= 0.3 is 0 Å². The second-order valence-corrected chi connectivity index (χ2v) is 6.77. The Morgan fingerprint density at radius 1 is 1.25 bits per heavy atom. The van der Waals surface area contributed by atoms with Crippen LogP contribution in [0.25, 0.3) is 0 Å². The molecule has 3 heteroatoms. The Balaban J connectivity index is 1.92. The summed E-state index contributed by atoms with van der Waals surface area (Å²) in [5.74, 6) is 1.35. The minimum absolute atomic E-state index is 0.414. The van der Waals surface area contributed by atoms with E-state index in [0.29, 0.717) is 28.1 Å². The summed E-state index contributed by atoms with van der Waals surface area (Å²) < 4.78 is 5.16. The zero-order chi connectivity index (χ0) is 15.0. The first-order valence-electron chi connectivity index (χ1n) is 7.12. The highest BCUT2D eigenvalue weighted by molar-refractivity contribution is 5.45. The van der Waals surface area contributed by atoms with Crippen LogP contribution in [-0.2, 0) is 6.54 Å². The number of hydrogen-bond acceptors (Lipinski definition) is 3. The van der Waals surface area contributed by atoms with E-state index < -0.39 is 0 Å². The Bertz CT molecular complexity index is 526. The maximum absolute atomic E-state index is 9.08. The molecular weight excluding hydrogens is 248 g/mol. The van der Waals surface area contributed by atoms with Gasteiger partial charge in [-0.15, -0.1) is 0 Å². The van der Waals surface area contributed by atoms with Crippen molar-refractivity contribution in [2.45, 2.75) is 34.2 Å². The molecule has 1 aliphatic rings. The monoisotopic (exact) mass is 272 g/mol. The number of benzene rings is 1. The molecular formula is C17H24N2O. The summed E-state index contributed by atoms with van der Waals surface area (Å²) in [5, 5.41) is 12.6. The molecule has 0 amide bonds. The van der Waals surface area contributed by atoms with Crippen LogP contribution in [0.2, 0.25) is 0 Å². The van der Waals surface area contributed by atoms with E-state index in [1.807, 2.05) is 18.2 Å². The van der Waals surface area contributed by atoms with Crippen molar-refractivity contribution in [2.24, 2.45) is 16.7 Å². The van der Waals surface area contributed by atoms with Crippen LogP contribution in [0.15, 0.2) is 18.2 Å². The summed E-state index contributed by atoms with van der Waals surface area (Å²) in [6.07, 6.45) is 0. The maximum atomic E-state index is 9.08. The lowest BCUT2D eigenvalue weighted by atomic mass is 10.0. The first-order valence-corrected chi connectivity index (χ1v) is 7.12. The van der Waals surface area contributed by atoms with E-state index in [9.17, 15) is 0 Å². The highest BCUT2D eigenvalue weighted by Gasteiger charge is 2.63. The van der Waals surface area contributed by atoms with Gasteiger partial charge in [0.1, 0.15) is 11.8 Å². The summed E-state index contributed by atoms with van der Waals surface area (Å²) >= 11 is 0. The summed E-state index contributed by atoms with van der Waals surface area (Å²) in [5.41, 5.74) is 2.55. The van der Waals surface area contributed by atoms with Gasteiger partial charge in [0.05, 0.1) is 12.7 Å². The average Bonchev–Trinajstić information content (AvgIpc) is 2.80. The summed E-state index contributed by atoms with van der Waals surface area (Å²) in [6.45, 7) is 11.2. The second-order valence-electron chi connectivity index (χ2n) is 6.77. The predicted octanol–water partition coefficient (Wildman–Crippen LogP) is 3.34. The van der Waals surface area contributed by atoms with Gasteiger partial charge in [-0.1, -0.05) is 33.8 Å². The number of hydrogen-bond donors (Lipinski definition) is 1. The first kappa shape index (κ1) is 14.9. The quantitative estimate of drug-likeness (QED) is 0.894. The van der Waals surface area contributed by atoms with Crippen molar-refractivity contribution in [3.8, 4) is 11.8 Å². The molecule has 0 aromatic heterocycles. The van der Waals surface area contributed by atoms with Gasteiger partial charge in [-0.2, -0.15) is 5.26 Å². The molecule has 3 nitrogen and oxygen atoms in total. The van der Waals surface area contributed by atoms with E-state index in [2.05, 4.69) is 39.1 Å². The molecule has 1 N–H and O–H groups in total. The molecule has 20 heavy (non-hydrogen) atoms. The molecule has 0 radical (unpaired) electrons. The van der Waals surface area contributed by atoms with Crippen LogP contribution in [0.4, 0.5) is 0 Å². The zero-order valence-corrected chi connectivity index (χ0v) is 13.1. The zero-order valence-electron chi connectivity index (χ0n) is 13.1. The molecule has 0 aliphatic heterocycles. The normalized spacial score (nSPS) is 19.4. The molecule has 108 valence electrons. The minimum atomic E-state index is 0.414. The van der Waals surface area contributed by atoms with Crippen molar-refractivity contribution in [2.75, 3.05) is 13.7 Å². The molecule has 0 atom stereocenters. The van der Waals surface area contributed by atoms with E-state index in [0.717, 1.165) is 18.7 Å². The second kappa shape index (κ2) is 5.10. The van der Waals surface area contributed by atoms with Crippen LogP contribution < -0.4 is 10.1 Å². The molecule has 1 aliphatic carbocycles. The molecule has 1 aromatic rings. The summed E-state index contributed by atoms with van der Waals surface area (Å²) in [7, 11) is 1.59. The van der Waals surface area contributed by atoms with E-state index in [1.54, 1.807) is 7.11 Å². The predicted molar refractivity (Wildman–Crippen MR) is 80.5 cm³/mol. The van der Waals surface area contributed by atoms with Crippen molar-refractivity contribution in [3.05, 3.63) is 29.3 Å². The van der Waals surface area contributed by atoms with Crippen LogP contribution in [0.3, 0.4) is 0 Å². The Morgan fingerprint density at radius 2 is 1.90 bits per heavy atom. The van der Waals surface area contributed by atoms with Crippen molar-refractivity contribution in [1.82, 2.24) is 5.32 Å². The van der Waals surface area contributed by atoms with Gasteiger partial charge in [0.2, 0.25) is 0 Å². The Hall–Kier alpha value is -1.53. The van der Waals surface area contributed by atoms with Gasteiger partial charge in [0.25, 0.3) is 0 Å². The number of rotatable bonds is 5. The highest BCUT2D eigenvalue weighted by Crippen LogP contribution is 2.67. The van der Waals surface area contributed by atoms with Gasteiger partial charge in [0.15, 0.2) is 0 Å². The summed E-state index contributed by atoms with van der Waals surface area (Å²) in [6, 6.07) is 7.94. The fraction of sp³-hybridized carbons (Fsp3) is 0.588. The van der Waals surface area contributed by atoms with E-state index in [-0.39, 0.29) is 0 Å². The van der Waals surface area contributed by atoms with Crippen LogP contribution in [0, 0.1) is 28.1 Å². The molecule has 0 spiro atoms. The number of ether oxygens (including phenoxy) is 1. The largest absolute Gasteiger partial charge is 0.495 e. The molecule has 0 saturated heterocycles. The lowest BCUT2D eigenvalue weighted by molar-refractivity contribution is 0.413. The van der Waals surface area contributed by atoms with Crippen molar-refractivity contribution in [3.63, 3.8) is 0 Å². The van der Waals surface area contributed by atoms with E-state index >= 15 is 0 Å². The molecule has 0 unspecified atom stereocenters. The highest BCUT2D eigenvalue weighted by atomic mass is 16.5. The average molecular weight is 272 g/mol. The molecule has 2 rings (SSSR count). The minimum Gasteiger partial charge on any atom is -0.495 e. The lowest BCUT2D eigenvalue weighted by Crippen LogP contribution is -2.18. The Labute approximate surface area is 121 Å². The third-order valence-electron chi connectivity index (χ3n) is 5.38. The maximum Gasteiger partial charge on any atom is 0.136 e. The fourth-order valence-electron chi connectivity index (χ4n) is 3.16. The van der Waals surface area contributed by atoms with Gasteiger partial charge in [-0.25, -0.2) is 0 Å². The molecule has 0 bridgehead atoms. The molecule has 0 heterocycles. The van der Waals surface area contributed by atoms with Crippen molar-refractivity contribution < 1.29 is 4.74 Å². The Kier molecular flexibility index (Phi) is 3.80. The van der Waals surface area contributed by atoms with Crippen LogP contribution in [0.5, 0.6) is 5.75 Å². The number of nitriles is 1. The molecule has 1 saturated carbocycles. The van der Waals surface area contributed by atoms with Gasteiger partial charge in [-0.05, 0) is 41.0 Å². The molecule has 1 fully saturated rings. The van der Waals surface area contributed by atoms with Crippen LogP contribution in [-0.4, -0.2) is 13.7 Å². The topological polar surface area (TPSA) is 45.0 Å². The Morgan fingerprint density at radius 3 is 2.40 bits per heavy atom. The van der Waals surface area contributed by atoms with Gasteiger partial charge in [-0.3, -0.25) is 0 Å². The standard InChI is InChI=1S/C17H24N2O/c1-16(2)15(17(16,3)4)11-19-10-12-6-7-14(20-5)13(8-12)9-18/h6-8,15,19H,10-11H2,1-5H3. The third-order valence-corrected chi connectivity index (χ3v) is 5.38. The fourth-order valence-corrected chi connectivity index (χ4v) is 3.16. The first-order chi connectivity index (χ1) is 9.34. The molecule has 1 aromatic carbocycles. The van der Waals surface area contributed by atoms with Crippen molar-refractivity contribution in [1.29, 1.82) is 5.26 Å². The van der Waals surface area contributed by atoms with E-state index in [1.165, 1.54) is 0 Å². The number of nitrogens with one attached hydrogen (secondary N) is 1. The van der Waals surface area contributed by atoms with Crippen molar-refractivity contribution >= 4 is 0 Å². The lowest BCUT2D eigenvalue weighted by Gasteiger charge is -2.08. The number of nitrogens with zero attached hydrogens (tertiary/aromatic N) is 1. The summed E-state index contributed by atoms with van der Waals surface area (Å²) in [4.78, 5) is 0. The van der Waals surface area contributed by atoms with Crippen LogP contribution >= 0.6 is 0 Å².